The topological polar surface area (TPSA) is 38.7 Å². The summed E-state index contributed by atoms with van der Waals surface area (Å²) in [4.78, 5) is 0. The highest BCUT2D eigenvalue weighted by molar-refractivity contribution is 6.89. The molecule has 0 aromatic heterocycles. The number of aliphatic hydroxyl groups excluding tert-OH is 1. The Morgan fingerprint density at radius 2 is 1.83 bits per heavy atom. The first-order valence-electron chi connectivity index (χ1n) is 9.44. The van der Waals surface area contributed by atoms with Gasteiger partial charge in [-0.05, 0) is 73.8 Å². The van der Waals surface area contributed by atoms with Gasteiger partial charge in [-0.1, -0.05) is 24.8 Å². The van der Waals surface area contributed by atoms with Gasteiger partial charge in [-0.3, -0.25) is 0 Å². The van der Waals surface area contributed by atoms with E-state index in [1.807, 2.05) is 13.8 Å². The molecule has 0 radical (unpaired) electrons. The molecular formula is C20H28O3Si. The Morgan fingerprint density at radius 3 is 2.54 bits per heavy atom. The third kappa shape index (κ3) is 1.68. The molecule has 0 bridgehead atoms. The highest BCUT2D eigenvalue weighted by atomic mass is 28.3. The second-order valence-corrected chi connectivity index (χ2v) is 14.6. The Morgan fingerprint density at radius 1 is 1.08 bits per heavy atom. The molecule has 1 unspecified atom stereocenters. The third-order valence-corrected chi connectivity index (χ3v) is 8.56. The average molecular weight is 345 g/mol. The molecule has 0 amide bonds. The van der Waals surface area contributed by atoms with E-state index in [2.05, 4.69) is 19.6 Å². The summed E-state index contributed by atoms with van der Waals surface area (Å²) in [7, 11) is -1.49. The van der Waals surface area contributed by atoms with Gasteiger partial charge in [-0.2, -0.15) is 0 Å². The maximum atomic E-state index is 10.7. The lowest BCUT2D eigenvalue weighted by molar-refractivity contribution is -0.165. The van der Waals surface area contributed by atoms with Crippen molar-refractivity contribution in [3.8, 4) is 0 Å². The maximum Gasteiger partial charge on any atom is 0.165 e. The van der Waals surface area contributed by atoms with E-state index >= 15 is 0 Å². The Labute approximate surface area is 145 Å². The Kier molecular flexibility index (Phi) is 2.82. The van der Waals surface area contributed by atoms with Gasteiger partial charge in [0.2, 0.25) is 0 Å². The summed E-state index contributed by atoms with van der Waals surface area (Å²) in [5, 5.41) is 12.4. The normalized spacial score (nSPS) is 35.2. The molecule has 1 spiro atoms. The molecule has 1 heterocycles. The molecule has 130 valence electrons. The molecule has 4 aliphatic rings. The summed E-state index contributed by atoms with van der Waals surface area (Å²) in [5.41, 5.74) is 6.74. The van der Waals surface area contributed by atoms with Crippen LogP contribution in [-0.4, -0.2) is 19.0 Å². The number of benzene rings is 1. The second kappa shape index (κ2) is 4.34. The van der Waals surface area contributed by atoms with Crippen LogP contribution in [0.5, 0.6) is 0 Å². The molecule has 1 N–H and O–H groups in total. The van der Waals surface area contributed by atoms with Gasteiger partial charge < -0.3 is 14.6 Å². The van der Waals surface area contributed by atoms with Crippen LogP contribution in [0.2, 0.25) is 19.6 Å². The zero-order chi connectivity index (χ0) is 17.1. The number of hydrogen-bond acceptors (Lipinski definition) is 3. The monoisotopic (exact) mass is 344 g/mol. The van der Waals surface area contributed by atoms with Crippen LogP contribution in [0.4, 0.5) is 0 Å². The molecule has 4 heteroatoms. The molecule has 0 saturated carbocycles. The Hall–Kier alpha value is -0.683. The zero-order valence-corrected chi connectivity index (χ0v) is 16.5. The maximum absolute atomic E-state index is 10.7. The molecule has 1 aromatic rings. The van der Waals surface area contributed by atoms with Crippen molar-refractivity contribution in [2.45, 2.75) is 89.2 Å². The summed E-state index contributed by atoms with van der Waals surface area (Å²) in [6.45, 7) is 11.4. The van der Waals surface area contributed by atoms with Crippen molar-refractivity contribution < 1.29 is 14.6 Å². The van der Waals surface area contributed by atoms with Gasteiger partial charge in [-0.15, -0.1) is 0 Å². The van der Waals surface area contributed by atoms with Crippen molar-refractivity contribution >= 4 is 13.3 Å². The zero-order valence-electron chi connectivity index (χ0n) is 15.5. The fourth-order valence-corrected chi connectivity index (χ4v) is 8.33. The van der Waals surface area contributed by atoms with E-state index in [4.69, 9.17) is 9.47 Å². The van der Waals surface area contributed by atoms with E-state index < -0.39 is 13.9 Å². The van der Waals surface area contributed by atoms with Gasteiger partial charge in [0, 0.05) is 0 Å². The van der Waals surface area contributed by atoms with Crippen LogP contribution in [0.1, 0.15) is 73.1 Å². The fraction of sp³-hybridized carbons (Fsp3) is 0.700. The highest BCUT2D eigenvalue weighted by Crippen LogP contribution is 2.67. The minimum Gasteiger partial charge on any atom is -0.388 e. The van der Waals surface area contributed by atoms with Crippen LogP contribution in [0, 0.1) is 0 Å². The molecule has 3 atom stereocenters. The van der Waals surface area contributed by atoms with Gasteiger partial charge in [0.1, 0.15) is 11.7 Å². The molecule has 3 aliphatic carbocycles. The minimum absolute atomic E-state index is 0.0266. The van der Waals surface area contributed by atoms with Crippen LogP contribution in [0.25, 0.3) is 0 Å². The Balaban J connectivity index is 1.85. The van der Waals surface area contributed by atoms with Crippen molar-refractivity contribution in [3.63, 3.8) is 0 Å². The lowest BCUT2D eigenvalue weighted by Crippen LogP contribution is -2.53. The number of ether oxygens (including phenoxy) is 2. The van der Waals surface area contributed by atoms with Crippen LogP contribution in [0.15, 0.2) is 0 Å². The average Bonchev–Trinajstić information content (AvgIpc) is 2.91. The van der Waals surface area contributed by atoms with Crippen molar-refractivity contribution in [2.24, 2.45) is 0 Å². The van der Waals surface area contributed by atoms with E-state index in [9.17, 15) is 5.11 Å². The van der Waals surface area contributed by atoms with Crippen LogP contribution in [0.3, 0.4) is 0 Å². The van der Waals surface area contributed by atoms with Gasteiger partial charge in [-0.25, -0.2) is 0 Å². The SMILES string of the molecule is CC1(C)O[C@H]2c3c4c(c([Si](C)(C)C)c5c3[C@@]2(CCC5)O1)CCC4O. The van der Waals surface area contributed by atoms with Crippen molar-refractivity contribution in [2.75, 3.05) is 0 Å². The molecule has 1 aromatic carbocycles. The second-order valence-electron chi connectivity index (χ2n) is 9.58. The lowest BCUT2D eigenvalue weighted by Gasteiger charge is -2.51. The number of aliphatic hydroxyl groups is 1. The van der Waals surface area contributed by atoms with E-state index in [-0.39, 0.29) is 17.8 Å². The lowest BCUT2D eigenvalue weighted by atomic mass is 9.60. The summed E-state index contributed by atoms with van der Waals surface area (Å²) >= 11 is 0. The molecule has 24 heavy (non-hydrogen) atoms. The fourth-order valence-electron chi connectivity index (χ4n) is 6.00. The Bertz CT molecular complexity index is 761. The van der Waals surface area contributed by atoms with Crippen LogP contribution >= 0.6 is 0 Å². The first kappa shape index (κ1) is 15.6. The summed E-state index contributed by atoms with van der Waals surface area (Å²) < 4.78 is 12.9. The quantitative estimate of drug-likeness (QED) is 0.792. The standard InChI is InChI=1S/C20H28O3Si/c1-19(2)22-18-15-14-11(8-9-13(14)21)17(24(3,4)5)12-7-6-10-20(18,23-19)16(12)15/h13,18,21H,6-10H2,1-5H3/t13?,18-,20+/m0/s1. The van der Waals surface area contributed by atoms with Crippen molar-refractivity contribution in [3.05, 3.63) is 27.8 Å². The van der Waals surface area contributed by atoms with E-state index in [0.29, 0.717) is 0 Å². The van der Waals surface area contributed by atoms with Gasteiger partial charge in [0.25, 0.3) is 0 Å². The summed E-state index contributed by atoms with van der Waals surface area (Å²) in [6, 6.07) is 0. The smallest absolute Gasteiger partial charge is 0.165 e. The number of hydrogen-bond donors (Lipinski definition) is 1. The minimum atomic E-state index is -1.49. The van der Waals surface area contributed by atoms with E-state index in [0.717, 1.165) is 19.3 Å². The van der Waals surface area contributed by atoms with E-state index in [1.165, 1.54) is 35.1 Å². The van der Waals surface area contributed by atoms with Gasteiger partial charge in [0.15, 0.2) is 5.79 Å². The van der Waals surface area contributed by atoms with Crippen LogP contribution < -0.4 is 5.19 Å². The highest BCUT2D eigenvalue weighted by Gasteiger charge is 2.66. The predicted octanol–water partition coefficient (Wildman–Crippen LogP) is 3.58. The predicted molar refractivity (Wildman–Crippen MR) is 96.3 cm³/mol. The van der Waals surface area contributed by atoms with Crippen molar-refractivity contribution in [1.29, 1.82) is 0 Å². The first-order valence-corrected chi connectivity index (χ1v) is 12.9. The molecule has 1 fully saturated rings. The van der Waals surface area contributed by atoms with Crippen molar-refractivity contribution in [1.82, 2.24) is 0 Å². The molecule has 1 aliphatic heterocycles. The molecular weight excluding hydrogens is 316 g/mol. The van der Waals surface area contributed by atoms with Crippen LogP contribution in [-0.2, 0) is 27.9 Å². The summed E-state index contributed by atoms with van der Waals surface area (Å²) in [5.74, 6) is -0.534. The first-order chi connectivity index (χ1) is 11.2. The van der Waals surface area contributed by atoms with Gasteiger partial charge >= 0.3 is 0 Å². The third-order valence-electron chi connectivity index (χ3n) is 6.45. The largest absolute Gasteiger partial charge is 0.388 e. The molecule has 5 rings (SSSR count). The molecule has 1 saturated heterocycles. The number of fused-ring (bicyclic) bond motifs is 3. The van der Waals surface area contributed by atoms with Gasteiger partial charge in [0.05, 0.1) is 14.2 Å². The van der Waals surface area contributed by atoms with E-state index in [1.54, 1.807) is 10.8 Å². The number of rotatable bonds is 1. The molecule has 3 nitrogen and oxygen atoms in total. The summed E-state index contributed by atoms with van der Waals surface area (Å²) in [6.07, 6.45) is 5.01.